The van der Waals surface area contributed by atoms with Crippen LogP contribution in [0.3, 0.4) is 0 Å². The van der Waals surface area contributed by atoms with Crippen LogP contribution < -0.4 is 10.2 Å². The number of hydrogen-bond acceptors (Lipinski definition) is 5. The van der Waals surface area contributed by atoms with E-state index >= 15 is 0 Å². The molecule has 1 unspecified atom stereocenters. The summed E-state index contributed by atoms with van der Waals surface area (Å²) in [6.45, 7) is 10.5. The Hall–Kier alpha value is -2.77. The average Bonchev–Trinajstić information content (AvgIpc) is 2.92. The van der Waals surface area contributed by atoms with Gasteiger partial charge in [0.15, 0.2) is 5.82 Å². The molecule has 32 heavy (non-hydrogen) atoms. The van der Waals surface area contributed by atoms with Crippen molar-refractivity contribution in [2.75, 3.05) is 42.9 Å². The number of nitrogens with one attached hydrogen (secondary N) is 1. The maximum absolute atomic E-state index is 13.8. The minimum atomic E-state index is -0.222. The van der Waals surface area contributed by atoms with E-state index in [4.69, 9.17) is 0 Å². The number of fused-ring (bicyclic) bond motifs is 2. The van der Waals surface area contributed by atoms with E-state index in [1.54, 1.807) is 11.0 Å². The zero-order valence-electron chi connectivity index (χ0n) is 19.3. The first kappa shape index (κ1) is 22.4. The number of para-hydroxylation sites is 1. The standard InChI is InChI=1S/C25H33N5O2/c1-4-28(5-2)16-19-10-8-9-15-29(19)17-23(31)30-22-12-7-6-11-20(22)25(32)27-21-14-13-18(3)26-24(21)30/h6-7,11-14,19H,4-5,8-10,15-17H2,1-3H3,(H,27,32). The van der Waals surface area contributed by atoms with Crippen molar-refractivity contribution in [3.8, 4) is 0 Å². The van der Waals surface area contributed by atoms with E-state index in [0.29, 0.717) is 35.3 Å². The topological polar surface area (TPSA) is 68.8 Å². The molecule has 2 amide bonds. The molecule has 1 atom stereocenters. The first-order chi connectivity index (χ1) is 15.5. The number of anilines is 3. The van der Waals surface area contributed by atoms with Crippen molar-refractivity contribution in [2.45, 2.75) is 46.1 Å². The highest BCUT2D eigenvalue weighted by molar-refractivity contribution is 6.17. The van der Waals surface area contributed by atoms with Crippen molar-refractivity contribution < 1.29 is 9.59 Å². The molecule has 0 bridgehead atoms. The molecular formula is C25H33N5O2. The lowest BCUT2D eigenvalue weighted by molar-refractivity contribution is -0.120. The highest BCUT2D eigenvalue weighted by Crippen LogP contribution is 2.37. The average molecular weight is 436 g/mol. The number of likely N-dealkylation sites (tertiary alicyclic amines) is 1. The van der Waals surface area contributed by atoms with Crippen LogP contribution in [0.1, 0.15) is 49.2 Å². The Morgan fingerprint density at radius 1 is 1.16 bits per heavy atom. The van der Waals surface area contributed by atoms with Gasteiger partial charge in [0.05, 0.1) is 23.5 Å². The largest absolute Gasteiger partial charge is 0.319 e. The van der Waals surface area contributed by atoms with Crippen molar-refractivity contribution in [3.63, 3.8) is 0 Å². The highest BCUT2D eigenvalue weighted by Gasteiger charge is 2.33. The van der Waals surface area contributed by atoms with Crippen LogP contribution >= 0.6 is 0 Å². The summed E-state index contributed by atoms with van der Waals surface area (Å²) in [6, 6.07) is 11.3. The number of carbonyl (C=O) groups excluding carboxylic acids is 2. The molecule has 2 aliphatic rings. The Kier molecular flexibility index (Phi) is 6.86. The molecule has 7 heteroatoms. The number of nitrogens with zero attached hydrogens (tertiary/aromatic N) is 4. The molecule has 0 aliphatic carbocycles. The molecule has 1 N–H and O–H groups in total. The molecular weight excluding hydrogens is 402 g/mol. The fourth-order valence-corrected chi connectivity index (χ4v) is 4.73. The number of hydrogen-bond donors (Lipinski definition) is 1. The van der Waals surface area contributed by atoms with Gasteiger partial charge in [-0.1, -0.05) is 32.4 Å². The minimum Gasteiger partial charge on any atom is -0.319 e. The van der Waals surface area contributed by atoms with E-state index in [2.05, 4.69) is 33.9 Å². The van der Waals surface area contributed by atoms with Crippen LogP contribution in [0.15, 0.2) is 36.4 Å². The fraction of sp³-hybridized carbons (Fsp3) is 0.480. The van der Waals surface area contributed by atoms with Gasteiger partial charge in [-0.2, -0.15) is 0 Å². The molecule has 0 saturated carbocycles. The van der Waals surface area contributed by atoms with Crippen molar-refractivity contribution in [1.29, 1.82) is 0 Å². The molecule has 1 aromatic heterocycles. The number of likely N-dealkylation sites (N-methyl/N-ethyl adjacent to an activating group) is 1. The van der Waals surface area contributed by atoms with Gasteiger partial charge in [-0.3, -0.25) is 19.4 Å². The molecule has 0 spiro atoms. The molecule has 2 aromatic rings. The molecule has 1 aromatic carbocycles. The predicted molar refractivity (Wildman–Crippen MR) is 128 cm³/mol. The summed E-state index contributed by atoms with van der Waals surface area (Å²) >= 11 is 0. The summed E-state index contributed by atoms with van der Waals surface area (Å²) in [7, 11) is 0. The maximum atomic E-state index is 13.8. The monoisotopic (exact) mass is 435 g/mol. The van der Waals surface area contributed by atoms with Gasteiger partial charge >= 0.3 is 0 Å². The Morgan fingerprint density at radius 2 is 1.94 bits per heavy atom. The molecule has 0 radical (unpaired) electrons. The SMILES string of the molecule is CCN(CC)CC1CCCCN1CC(=O)N1c2ccccc2C(=O)Nc2ccc(C)nc21. The number of carbonyl (C=O) groups is 2. The van der Waals surface area contributed by atoms with E-state index in [1.807, 2.05) is 37.3 Å². The van der Waals surface area contributed by atoms with Gasteiger partial charge in [-0.25, -0.2) is 4.98 Å². The normalized spacial score (nSPS) is 18.7. The summed E-state index contributed by atoms with van der Waals surface area (Å²) in [6.07, 6.45) is 3.41. The lowest BCUT2D eigenvalue weighted by atomic mass is 10.0. The van der Waals surface area contributed by atoms with E-state index < -0.39 is 0 Å². The molecule has 170 valence electrons. The number of aromatic nitrogens is 1. The van der Waals surface area contributed by atoms with Crippen LogP contribution in [-0.2, 0) is 4.79 Å². The van der Waals surface area contributed by atoms with E-state index in [9.17, 15) is 9.59 Å². The van der Waals surface area contributed by atoms with E-state index in [1.165, 1.54) is 6.42 Å². The number of pyridine rings is 1. The van der Waals surface area contributed by atoms with Gasteiger partial charge in [-0.05, 0) is 63.7 Å². The number of piperidine rings is 1. The van der Waals surface area contributed by atoms with E-state index in [0.717, 1.165) is 44.7 Å². The quantitative estimate of drug-likeness (QED) is 0.747. The second-order valence-corrected chi connectivity index (χ2v) is 8.63. The van der Waals surface area contributed by atoms with Crippen LogP contribution in [0, 0.1) is 6.92 Å². The van der Waals surface area contributed by atoms with Gasteiger partial charge in [0.25, 0.3) is 5.91 Å². The van der Waals surface area contributed by atoms with Crippen molar-refractivity contribution >= 4 is 29.0 Å². The molecule has 1 fully saturated rings. The summed E-state index contributed by atoms with van der Waals surface area (Å²) in [5.74, 6) is 0.213. The maximum Gasteiger partial charge on any atom is 0.257 e. The van der Waals surface area contributed by atoms with Gasteiger partial charge in [0.1, 0.15) is 0 Å². The summed E-state index contributed by atoms with van der Waals surface area (Å²) in [5, 5.41) is 2.93. The van der Waals surface area contributed by atoms with Gasteiger partial charge in [0.2, 0.25) is 5.91 Å². The minimum absolute atomic E-state index is 0.0558. The number of amides is 2. The van der Waals surface area contributed by atoms with Crippen LogP contribution in [-0.4, -0.2) is 65.4 Å². The Morgan fingerprint density at radius 3 is 2.72 bits per heavy atom. The number of benzene rings is 1. The highest BCUT2D eigenvalue weighted by atomic mass is 16.2. The van der Waals surface area contributed by atoms with Gasteiger partial charge in [-0.15, -0.1) is 0 Å². The van der Waals surface area contributed by atoms with Crippen LogP contribution in [0.5, 0.6) is 0 Å². The third-order valence-corrected chi connectivity index (χ3v) is 6.56. The molecule has 4 rings (SSSR count). The summed E-state index contributed by atoms with van der Waals surface area (Å²) in [5.41, 5.74) is 2.43. The van der Waals surface area contributed by atoms with Crippen LogP contribution in [0.2, 0.25) is 0 Å². The van der Waals surface area contributed by atoms with Crippen molar-refractivity contribution in [1.82, 2.24) is 14.8 Å². The lowest BCUT2D eigenvalue weighted by Gasteiger charge is -2.38. The number of aryl methyl sites for hydroxylation is 1. The first-order valence-corrected chi connectivity index (χ1v) is 11.7. The zero-order valence-corrected chi connectivity index (χ0v) is 19.3. The summed E-state index contributed by atoms with van der Waals surface area (Å²) < 4.78 is 0. The van der Waals surface area contributed by atoms with Crippen molar-refractivity contribution in [3.05, 3.63) is 47.7 Å². The third-order valence-electron chi connectivity index (χ3n) is 6.56. The van der Waals surface area contributed by atoms with Crippen molar-refractivity contribution in [2.24, 2.45) is 0 Å². The molecule has 7 nitrogen and oxygen atoms in total. The predicted octanol–water partition coefficient (Wildman–Crippen LogP) is 3.82. The Labute approximate surface area is 190 Å². The molecule has 3 heterocycles. The van der Waals surface area contributed by atoms with Gasteiger partial charge in [0, 0.05) is 18.3 Å². The van der Waals surface area contributed by atoms with Crippen LogP contribution in [0.4, 0.5) is 17.2 Å². The Balaban J connectivity index is 1.67. The first-order valence-electron chi connectivity index (χ1n) is 11.7. The van der Waals surface area contributed by atoms with Crippen LogP contribution in [0.25, 0.3) is 0 Å². The lowest BCUT2D eigenvalue weighted by Crippen LogP contribution is -2.50. The smallest absolute Gasteiger partial charge is 0.257 e. The summed E-state index contributed by atoms with van der Waals surface area (Å²) in [4.78, 5) is 37.7. The third kappa shape index (κ3) is 4.54. The van der Waals surface area contributed by atoms with Gasteiger partial charge < -0.3 is 10.2 Å². The zero-order chi connectivity index (χ0) is 22.7. The second-order valence-electron chi connectivity index (χ2n) is 8.63. The fourth-order valence-electron chi connectivity index (χ4n) is 4.73. The van der Waals surface area contributed by atoms with E-state index in [-0.39, 0.29) is 11.8 Å². The number of rotatable bonds is 6. The molecule has 2 aliphatic heterocycles. The Bertz CT molecular complexity index is 988. The molecule has 1 saturated heterocycles. The second kappa shape index (κ2) is 9.79.